The number of likely N-dealkylation sites (N-methyl/N-ethyl adjacent to an activating group) is 1. The minimum absolute atomic E-state index is 0.208. The molecule has 1 aliphatic heterocycles. The van der Waals surface area contributed by atoms with E-state index in [9.17, 15) is 13.2 Å². The Hall–Kier alpha value is -2.38. The zero-order valence-corrected chi connectivity index (χ0v) is 16.6. The Labute approximate surface area is 160 Å². The van der Waals surface area contributed by atoms with Crippen molar-refractivity contribution in [3.8, 4) is 5.75 Å². The monoisotopic (exact) mass is 388 g/mol. The van der Waals surface area contributed by atoms with Gasteiger partial charge in [-0.1, -0.05) is 31.2 Å². The second-order valence-corrected chi connectivity index (χ2v) is 8.47. The molecule has 27 heavy (non-hydrogen) atoms. The largest absolute Gasteiger partial charge is 0.490 e. The van der Waals surface area contributed by atoms with E-state index >= 15 is 0 Å². The van der Waals surface area contributed by atoms with Gasteiger partial charge in [-0.3, -0.25) is 4.79 Å². The molecule has 6 nitrogen and oxygen atoms in total. The summed E-state index contributed by atoms with van der Waals surface area (Å²) in [5.41, 5.74) is 2.21. The standard InChI is InChI=1S/C20H24N2O4S/c1-4-21(27(24,25)19-13-15(2)9-10-16(19)3)14-20(23)22-11-12-26-18-8-6-5-7-17(18)22/h5-10,13H,4,11-12,14H2,1-3H3. The van der Waals surface area contributed by atoms with Crippen LogP contribution in [0, 0.1) is 13.8 Å². The fourth-order valence-electron chi connectivity index (χ4n) is 3.16. The smallest absolute Gasteiger partial charge is 0.243 e. The predicted octanol–water partition coefficient (Wildman–Crippen LogP) is 2.74. The number of hydrogen-bond acceptors (Lipinski definition) is 4. The van der Waals surface area contributed by atoms with Crippen LogP contribution in [-0.2, 0) is 14.8 Å². The van der Waals surface area contributed by atoms with Gasteiger partial charge < -0.3 is 9.64 Å². The molecule has 1 aliphatic rings. The second-order valence-electron chi connectivity index (χ2n) is 6.56. The number of aryl methyl sites for hydroxylation is 2. The first-order valence-corrected chi connectivity index (χ1v) is 10.4. The third-order valence-corrected chi connectivity index (χ3v) is 6.72. The Morgan fingerprint density at radius 3 is 2.67 bits per heavy atom. The SMILES string of the molecule is CCN(CC(=O)N1CCOc2ccccc21)S(=O)(=O)c1cc(C)ccc1C. The molecule has 7 heteroatoms. The highest BCUT2D eigenvalue weighted by Crippen LogP contribution is 2.31. The molecule has 2 aromatic carbocycles. The van der Waals surface area contributed by atoms with Crippen LogP contribution >= 0.6 is 0 Å². The van der Waals surface area contributed by atoms with Crippen molar-refractivity contribution in [2.24, 2.45) is 0 Å². The van der Waals surface area contributed by atoms with Gasteiger partial charge in [-0.05, 0) is 43.2 Å². The number of carbonyl (C=O) groups is 1. The number of para-hydroxylation sites is 2. The molecule has 3 rings (SSSR count). The molecule has 0 unspecified atom stereocenters. The Morgan fingerprint density at radius 1 is 1.19 bits per heavy atom. The van der Waals surface area contributed by atoms with Gasteiger partial charge in [0.25, 0.3) is 0 Å². The van der Waals surface area contributed by atoms with Crippen molar-refractivity contribution in [1.29, 1.82) is 0 Å². The second kappa shape index (κ2) is 7.70. The average Bonchev–Trinajstić information content (AvgIpc) is 2.67. The number of fused-ring (bicyclic) bond motifs is 1. The van der Waals surface area contributed by atoms with Crippen molar-refractivity contribution in [3.63, 3.8) is 0 Å². The lowest BCUT2D eigenvalue weighted by Gasteiger charge is -2.31. The highest BCUT2D eigenvalue weighted by molar-refractivity contribution is 7.89. The number of rotatable bonds is 5. The number of amides is 1. The lowest BCUT2D eigenvalue weighted by atomic mass is 10.2. The first-order valence-electron chi connectivity index (χ1n) is 8.94. The summed E-state index contributed by atoms with van der Waals surface area (Å²) in [6, 6.07) is 12.6. The van der Waals surface area contributed by atoms with Crippen LogP contribution in [0.15, 0.2) is 47.4 Å². The third-order valence-electron chi connectivity index (χ3n) is 4.66. The lowest BCUT2D eigenvalue weighted by Crippen LogP contribution is -2.45. The topological polar surface area (TPSA) is 66.9 Å². The molecule has 0 saturated heterocycles. The van der Waals surface area contributed by atoms with E-state index in [1.54, 1.807) is 36.9 Å². The van der Waals surface area contributed by atoms with Gasteiger partial charge in [-0.2, -0.15) is 4.31 Å². The van der Waals surface area contributed by atoms with Gasteiger partial charge in [0, 0.05) is 6.54 Å². The van der Waals surface area contributed by atoms with Crippen LogP contribution < -0.4 is 9.64 Å². The number of benzene rings is 2. The molecular weight excluding hydrogens is 364 g/mol. The maximum Gasteiger partial charge on any atom is 0.243 e. The molecule has 1 amide bonds. The van der Waals surface area contributed by atoms with E-state index in [-0.39, 0.29) is 23.9 Å². The molecule has 0 spiro atoms. The van der Waals surface area contributed by atoms with Crippen molar-refractivity contribution >= 4 is 21.6 Å². The summed E-state index contributed by atoms with van der Waals surface area (Å²) in [5, 5.41) is 0. The molecule has 0 aromatic heterocycles. The molecule has 144 valence electrons. The van der Waals surface area contributed by atoms with Gasteiger partial charge in [0.15, 0.2) is 0 Å². The van der Waals surface area contributed by atoms with Gasteiger partial charge in [0.1, 0.15) is 12.4 Å². The number of carbonyl (C=O) groups excluding carboxylic acids is 1. The summed E-state index contributed by atoms with van der Waals surface area (Å²) in [5.74, 6) is 0.374. The minimum Gasteiger partial charge on any atom is -0.490 e. The van der Waals surface area contributed by atoms with Gasteiger partial charge in [-0.15, -0.1) is 0 Å². The molecule has 0 bridgehead atoms. The Bertz CT molecular complexity index is 956. The number of sulfonamides is 1. The van der Waals surface area contributed by atoms with Crippen LogP contribution in [0.5, 0.6) is 5.75 Å². The van der Waals surface area contributed by atoms with Crippen molar-refractivity contribution in [1.82, 2.24) is 4.31 Å². The molecule has 0 fully saturated rings. The summed E-state index contributed by atoms with van der Waals surface area (Å²) in [4.78, 5) is 14.8. The highest BCUT2D eigenvalue weighted by Gasteiger charge is 2.30. The van der Waals surface area contributed by atoms with Crippen LogP contribution in [-0.4, -0.2) is 44.9 Å². The highest BCUT2D eigenvalue weighted by atomic mass is 32.2. The normalized spacial score (nSPS) is 14.0. The van der Waals surface area contributed by atoms with E-state index in [1.165, 1.54) is 4.31 Å². The van der Waals surface area contributed by atoms with E-state index in [1.807, 2.05) is 31.2 Å². The van der Waals surface area contributed by atoms with Gasteiger partial charge in [-0.25, -0.2) is 8.42 Å². The van der Waals surface area contributed by atoms with E-state index < -0.39 is 10.0 Å². The quantitative estimate of drug-likeness (QED) is 0.790. The molecule has 0 atom stereocenters. The maximum absolute atomic E-state index is 13.1. The van der Waals surface area contributed by atoms with Gasteiger partial charge in [0.2, 0.25) is 15.9 Å². The zero-order valence-electron chi connectivity index (χ0n) is 15.8. The van der Waals surface area contributed by atoms with Crippen molar-refractivity contribution < 1.29 is 17.9 Å². The van der Waals surface area contributed by atoms with Crippen molar-refractivity contribution in [3.05, 3.63) is 53.6 Å². The minimum atomic E-state index is -3.76. The predicted molar refractivity (Wildman–Crippen MR) is 105 cm³/mol. The van der Waals surface area contributed by atoms with Crippen molar-refractivity contribution in [2.75, 3.05) is 31.1 Å². The molecule has 0 saturated carbocycles. The molecule has 1 heterocycles. The molecule has 2 aromatic rings. The molecular formula is C20H24N2O4S. The average molecular weight is 388 g/mol. The van der Waals surface area contributed by atoms with Gasteiger partial charge >= 0.3 is 0 Å². The van der Waals surface area contributed by atoms with E-state index in [2.05, 4.69) is 0 Å². The Kier molecular flexibility index (Phi) is 5.53. The van der Waals surface area contributed by atoms with Crippen LogP contribution in [0.3, 0.4) is 0 Å². The number of anilines is 1. The van der Waals surface area contributed by atoms with E-state index in [0.29, 0.717) is 30.2 Å². The Balaban J connectivity index is 1.87. The van der Waals surface area contributed by atoms with Crippen molar-refractivity contribution in [2.45, 2.75) is 25.7 Å². The van der Waals surface area contributed by atoms with E-state index in [4.69, 9.17) is 4.74 Å². The number of hydrogen-bond donors (Lipinski definition) is 0. The first kappa shape index (κ1) is 19.4. The fraction of sp³-hybridized carbons (Fsp3) is 0.350. The summed E-state index contributed by atoms with van der Waals surface area (Å²) in [6.45, 7) is 6.15. The Morgan fingerprint density at radius 2 is 1.93 bits per heavy atom. The molecule has 0 radical (unpaired) electrons. The number of nitrogens with zero attached hydrogens (tertiary/aromatic N) is 2. The summed E-state index contributed by atoms with van der Waals surface area (Å²) >= 11 is 0. The molecule has 0 aliphatic carbocycles. The number of ether oxygens (including phenoxy) is 1. The third kappa shape index (κ3) is 3.84. The lowest BCUT2D eigenvalue weighted by molar-refractivity contribution is -0.119. The van der Waals surface area contributed by atoms with Gasteiger partial charge in [0.05, 0.1) is 23.7 Å². The fourth-order valence-corrected chi connectivity index (χ4v) is 4.86. The maximum atomic E-state index is 13.1. The van der Waals surface area contributed by atoms with Crippen LogP contribution in [0.1, 0.15) is 18.1 Å². The first-order chi connectivity index (χ1) is 12.8. The summed E-state index contributed by atoms with van der Waals surface area (Å²) in [6.07, 6.45) is 0. The summed E-state index contributed by atoms with van der Waals surface area (Å²) < 4.78 is 33.1. The molecule has 0 N–H and O–H groups in total. The summed E-state index contributed by atoms with van der Waals surface area (Å²) in [7, 11) is -3.76. The van der Waals surface area contributed by atoms with E-state index in [0.717, 1.165) is 5.56 Å². The zero-order chi connectivity index (χ0) is 19.6. The van der Waals surface area contributed by atoms with Crippen LogP contribution in [0.2, 0.25) is 0 Å². The van der Waals surface area contributed by atoms with Crippen LogP contribution in [0.4, 0.5) is 5.69 Å². The van der Waals surface area contributed by atoms with Crippen LogP contribution in [0.25, 0.3) is 0 Å².